The summed E-state index contributed by atoms with van der Waals surface area (Å²) in [4.78, 5) is 32.6. The molecule has 1 heterocycles. The van der Waals surface area contributed by atoms with E-state index in [1.54, 1.807) is 13.8 Å². The number of esters is 1. The highest BCUT2D eigenvalue weighted by atomic mass is 16.6. The van der Waals surface area contributed by atoms with Gasteiger partial charge in [-0.3, -0.25) is 14.7 Å². The van der Waals surface area contributed by atoms with Crippen LogP contribution in [0, 0.1) is 6.92 Å². The molecule has 37 heavy (non-hydrogen) atoms. The molecule has 2 aliphatic rings. The maximum Gasteiger partial charge on any atom is 0.347 e. The zero-order valence-electron chi connectivity index (χ0n) is 22.7. The van der Waals surface area contributed by atoms with E-state index in [2.05, 4.69) is 32.0 Å². The fraction of sp³-hybridized carbons (Fsp3) is 0.516. The maximum atomic E-state index is 13.6. The molecule has 0 saturated heterocycles. The lowest BCUT2D eigenvalue weighted by molar-refractivity contribution is -0.150. The van der Waals surface area contributed by atoms with Gasteiger partial charge in [0.1, 0.15) is 17.1 Å². The number of carbonyl (C=O) groups is 2. The number of aryl methyl sites for hydroxylation is 1. The summed E-state index contributed by atoms with van der Waals surface area (Å²) in [6, 6.07) is 14.1. The van der Waals surface area contributed by atoms with Crippen LogP contribution in [0.25, 0.3) is 11.1 Å². The van der Waals surface area contributed by atoms with Crippen molar-refractivity contribution in [2.75, 3.05) is 6.61 Å². The van der Waals surface area contributed by atoms with Crippen molar-refractivity contribution in [1.29, 1.82) is 0 Å². The number of nitrogens with zero attached hydrogens (tertiary/aromatic N) is 2. The summed E-state index contributed by atoms with van der Waals surface area (Å²) in [6.45, 7) is 8.63. The highest BCUT2D eigenvalue weighted by Gasteiger charge is 2.48. The molecular weight excluding hydrogens is 464 g/mol. The van der Waals surface area contributed by atoms with Gasteiger partial charge in [0.25, 0.3) is 5.91 Å². The van der Waals surface area contributed by atoms with Gasteiger partial charge in [-0.05, 0) is 74.4 Å². The third kappa shape index (κ3) is 6.06. The lowest BCUT2D eigenvalue weighted by atomic mass is 9.82. The van der Waals surface area contributed by atoms with Gasteiger partial charge in [0.15, 0.2) is 6.10 Å². The molecule has 198 valence electrons. The van der Waals surface area contributed by atoms with Gasteiger partial charge < -0.3 is 9.47 Å². The molecule has 1 atom stereocenters. The number of ether oxygens (including phenoxy) is 2. The Bertz CT molecular complexity index is 1150. The van der Waals surface area contributed by atoms with Crippen molar-refractivity contribution in [3.63, 3.8) is 0 Å². The summed E-state index contributed by atoms with van der Waals surface area (Å²) in [7, 11) is 0. The van der Waals surface area contributed by atoms with E-state index >= 15 is 0 Å². The van der Waals surface area contributed by atoms with Crippen molar-refractivity contribution in [2.45, 2.75) is 97.2 Å². The molecule has 2 aromatic rings. The summed E-state index contributed by atoms with van der Waals surface area (Å²) < 4.78 is 10.9. The highest BCUT2D eigenvalue weighted by Crippen LogP contribution is 2.39. The van der Waals surface area contributed by atoms with Crippen LogP contribution in [0.2, 0.25) is 0 Å². The summed E-state index contributed by atoms with van der Waals surface area (Å²) in [5.74, 6) is 1.41. The van der Waals surface area contributed by atoms with E-state index in [1.807, 2.05) is 29.2 Å². The Balaban J connectivity index is 1.51. The van der Waals surface area contributed by atoms with Gasteiger partial charge in [-0.25, -0.2) is 4.79 Å². The van der Waals surface area contributed by atoms with Crippen molar-refractivity contribution in [1.82, 2.24) is 4.90 Å². The van der Waals surface area contributed by atoms with E-state index in [4.69, 9.17) is 14.5 Å². The van der Waals surface area contributed by atoms with Gasteiger partial charge in [0.2, 0.25) is 0 Å². The summed E-state index contributed by atoms with van der Waals surface area (Å²) >= 11 is 0. The Kier molecular flexibility index (Phi) is 8.67. The molecule has 4 rings (SSSR count). The number of rotatable bonds is 10. The molecule has 1 unspecified atom stereocenters. The molecule has 0 radical (unpaired) electrons. The van der Waals surface area contributed by atoms with E-state index in [9.17, 15) is 9.59 Å². The average molecular weight is 505 g/mol. The normalized spacial score (nSPS) is 17.6. The largest absolute Gasteiger partial charge is 0.479 e. The van der Waals surface area contributed by atoms with Gasteiger partial charge in [-0.1, -0.05) is 62.9 Å². The second kappa shape index (κ2) is 11.9. The smallest absolute Gasteiger partial charge is 0.347 e. The summed E-state index contributed by atoms with van der Waals surface area (Å²) in [6.07, 6.45) is 7.44. The Morgan fingerprint density at radius 1 is 1.11 bits per heavy atom. The van der Waals surface area contributed by atoms with Gasteiger partial charge in [0.05, 0.1) is 13.2 Å². The Morgan fingerprint density at radius 2 is 1.89 bits per heavy atom. The van der Waals surface area contributed by atoms with Crippen LogP contribution < -0.4 is 4.74 Å². The molecule has 6 nitrogen and oxygen atoms in total. The van der Waals surface area contributed by atoms with Crippen LogP contribution in [0.15, 0.2) is 47.5 Å². The zero-order chi connectivity index (χ0) is 26.4. The van der Waals surface area contributed by atoms with E-state index in [0.29, 0.717) is 18.9 Å². The number of amides is 1. The van der Waals surface area contributed by atoms with E-state index in [1.165, 1.54) is 6.42 Å². The third-order valence-corrected chi connectivity index (χ3v) is 7.44. The molecule has 6 heteroatoms. The number of unbranched alkanes of at least 4 members (excludes halogenated alkanes) is 1. The van der Waals surface area contributed by atoms with Crippen LogP contribution in [0.4, 0.5) is 0 Å². The van der Waals surface area contributed by atoms with Gasteiger partial charge in [0, 0.05) is 6.42 Å². The lowest BCUT2D eigenvalue weighted by Crippen LogP contribution is -2.43. The SMILES string of the molecule is CCCCC1=NC2(CCCCC2)C(=O)N1Cc1ccc(-c2cccc(OC(C)C(=O)OCC)c2)c(C)c1. The molecule has 1 spiro atoms. The summed E-state index contributed by atoms with van der Waals surface area (Å²) in [5, 5.41) is 0. The molecule has 0 aromatic heterocycles. The van der Waals surface area contributed by atoms with Crippen molar-refractivity contribution in [2.24, 2.45) is 4.99 Å². The number of hydrogen-bond donors (Lipinski definition) is 0. The number of amidine groups is 1. The lowest BCUT2D eigenvalue weighted by Gasteiger charge is -2.29. The molecule has 1 aliphatic carbocycles. The van der Waals surface area contributed by atoms with Crippen molar-refractivity contribution in [3.05, 3.63) is 53.6 Å². The van der Waals surface area contributed by atoms with Crippen LogP contribution in [0.1, 0.15) is 83.3 Å². The first-order chi connectivity index (χ1) is 17.9. The first-order valence-corrected chi connectivity index (χ1v) is 13.8. The minimum atomic E-state index is -0.673. The van der Waals surface area contributed by atoms with Crippen LogP contribution in [-0.4, -0.2) is 40.9 Å². The van der Waals surface area contributed by atoms with Crippen LogP contribution in [-0.2, 0) is 20.9 Å². The Morgan fingerprint density at radius 3 is 2.59 bits per heavy atom. The van der Waals surface area contributed by atoms with Crippen molar-refractivity contribution in [3.8, 4) is 16.9 Å². The molecule has 0 N–H and O–H groups in total. The topological polar surface area (TPSA) is 68.2 Å². The highest BCUT2D eigenvalue weighted by molar-refractivity contribution is 6.08. The van der Waals surface area contributed by atoms with Crippen molar-refractivity contribution >= 4 is 17.7 Å². The van der Waals surface area contributed by atoms with Crippen LogP contribution in [0.5, 0.6) is 5.75 Å². The van der Waals surface area contributed by atoms with Crippen molar-refractivity contribution < 1.29 is 19.1 Å². The van der Waals surface area contributed by atoms with Gasteiger partial charge >= 0.3 is 5.97 Å². The number of hydrogen-bond acceptors (Lipinski definition) is 5. The fourth-order valence-electron chi connectivity index (χ4n) is 5.45. The third-order valence-electron chi connectivity index (χ3n) is 7.44. The predicted molar refractivity (Wildman–Crippen MR) is 147 cm³/mol. The average Bonchev–Trinajstić information content (AvgIpc) is 3.13. The first kappa shape index (κ1) is 26.9. The first-order valence-electron chi connectivity index (χ1n) is 13.8. The molecular formula is C31H40N2O4. The molecule has 1 amide bonds. The Labute approximate surface area is 221 Å². The van der Waals surface area contributed by atoms with E-state index < -0.39 is 11.6 Å². The quantitative estimate of drug-likeness (QED) is 0.341. The van der Waals surface area contributed by atoms with Crippen LogP contribution in [0.3, 0.4) is 0 Å². The number of carbonyl (C=O) groups excluding carboxylic acids is 2. The molecule has 2 aromatic carbocycles. The van der Waals surface area contributed by atoms with E-state index in [0.717, 1.165) is 73.0 Å². The fourth-order valence-corrected chi connectivity index (χ4v) is 5.45. The second-order valence-electron chi connectivity index (χ2n) is 10.3. The molecule has 1 aliphatic heterocycles. The Hall–Kier alpha value is -3.15. The zero-order valence-corrected chi connectivity index (χ0v) is 22.7. The van der Waals surface area contributed by atoms with Crippen LogP contribution >= 0.6 is 0 Å². The monoisotopic (exact) mass is 504 g/mol. The molecule has 1 saturated carbocycles. The van der Waals surface area contributed by atoms with Gasteiger partial charge in [-0.2, -0.15) is 0 Å². The predicted octanol–water partition coefficient (Wildman–Crippen LogP) is 6.63. The molecule has 0 bridgehead atoms. The van der Waals surface area contributed by atoms with E-state index in [-0.39, 0.29) is 11.9 Å². The minimum Gasteiger partial charge on any atom is -0.479 e. The number of aliphatic imine (C=N–C) groups is 1. The molecule has 1 fully saturated rings. The second-order valence-corrected chi connectivity index (χ2v) is 10.3. The van der Waals surface area contributed by atoms with Gasteiger partial charge in [-0.15, -0.1) is 0 Å². The maximum absolute atomic E-state index is 13.6. The summed E-state index contributed by atoms with van der Waals surface area (Å²) in [5.41, 5.74) is 3.82. The number of benzene rings is 2. The minimum absolute atomic E-state index is 0.195. The standard InChI is InChI=1S/C31H40N2O4/c1-5-7-14-28-32-31(17-9-8-10-18-31)30(35)33(28)21-24-15-16-27(22(3)19-24)25-12-11-13-26(20-25)37-23(4)29(34)36-6-2/h11-13,15-16,19-20,23H,5-10,14,17-18,21H2,1-4H3.